The van der Waals surface area contributed by atoms with Gasteiger partial charge in [-0.3, -0.25) is 0 Å². The average Bonchev–Trinajstić information content (AvgIpc) is 2.66. The van der Waals surface area contributed by atoms with E-state index < -0.39 is 5.60 Å². The molecule has 1 aromatic carbocycles. The minimum atomic E-state index is -0.473. The van der Waals surface area contributed by atoms with E-state index in [1.165, 1.54) is 11.1 Å². The Bertz CT molecular complexity index is 523. The van der Waals surface area contributed by atoms with Crippen molar-refractivity contribution in [2.75, 3.05) is 0 Å². The van der Waals surface area contributed by atoms with E-state index in [0.29, 0.717) is 5.92 Å². The largest absolute Gasteiger partial charge is 0.444 e. The highest BCUT2D eigenvalue weighted by molar-refractivity contribution is 5.69. The maximum atomic E-state index is 12.2. The van der Waals surface area contributed by atoms with Crippen molar-refractivity contribution in [3.8, 4) is 0 Å². The smallest absolute Gasteiger partial charge is 0.408 e. The van der Waals surface area contributed by atoms with Crippen molar-refractivity contribution in [1.29, 1.82) is 0 Å². The molecule has 2 rings (SSSR count). The van der Waals surface area contributed by atoms with E-state index in [0.717, 1.165) is 6.42 Å². The molecule has 0 aliphatic heterocycles. The molecule has 0 saturated carbocycles. The lowest BCUT2D eigenvalue weighted by molar-refractivity contribution is 0.0462. The molecule has 0 spiro atoms. The van der Waals surface area contributed by atoms with Crippen molar-refractivity contribution in [2.24, 2.45) is 11.3 Å². The van der Waals surface area contributed by atoms with Gasteiger partial charge in [0.2, 0.25) is 0 Å². The fourth-order valence-electron chi connectivity index (χ4n) is 3.01. The topological polar surface area (TPSA) is 38.3 Å². The summed E-state index contributed by atoms with van der Waals surface area (Å²) in [5, 5.41) is 3.09. The zero-order chi connectivity index (χ0) is 15.8. The van der Waals surface area contributed by atoms with Crippen molar-refractivity contribution >= 4 is 6.09 Å². The van der Waals surface area contributed by atoms with Gasteiger partial charge in [-0.05, 0) is 49.7 Å². The van der Waals surface area contributed by atoms with Gasteiger partial charge in [-0.15, -0.1) is 0 Å². The van der Waals surface area contributed by atoms with Crippen LogP contribution >= 0.6 is 0 Å². The summed E-state index contributed by atoms with van der Waals surface area (Å²) in [7, 11) is 0. The van der Waals surface area contributed by atoms with Crippen LogP contribution < -0.4 is 5.32 Å². The van der Waals surface area contributed by atoms with Gasteiger partial charge < -0.3 is 10.1 Å². The van der Waals surface area contributed by atoms with Gasteiger partial charge in [-0.25, -0.2) is 4.79 Å². The molecule has 0 aromatic heterocycles. The lowest BCUT2D eigenvalue weighted by Gasteiger charge is -2.33. The molecule has 3 nitrogen and oxygen atoms in total. The highest BCUT2D eigenvalue weighted by Gasteiger charge is 2.40. The standard InChI is InChI=1S/C18H27NO2.CH4/c1-17(2,3)14-11-12-9-7-8-10-13(12)15(14)19-16(20)21-18(4,5)6;/h7-10,14-15H,11H2,1-6H3,(H,19,20);1H4. The minimum Gasteiger partial charge on any atom is -0.444 e. The van der Waals surface area contributed by atoms with Crippen LogP contribution in [0.1, 0.15) is 66.1 Å². The zero-order valence-electron chi connectivity index (χ0n) is 14.0. The van der Waals surface area contributed by atoms with Crippen molar-refractivity contribution < 1.29 is 9.53 Å². The lowest BCUT2D eigenvalue weighted by atomic mass is 9.76. The van der Waals surface area contributed by atoms with Crippen LogP contribution in [-0.4, -0.2) is 11.7 Å². The van der Waals surface area contributed by atoms with E-state index in [4.69, 9.17) is 4.74 Å². The first kappa shape index (κ1) is 18.5. The summed E-state index contributed by atoms with van der Waals surface area (Å²) in [5.74, 6) is 0.377. The first-order chi connectivity index (χ1) is 9.58. The monoisotopic (exact) mass is 305 g/mol. The molecule has 1 N–H and O–H groups in total. The zero-order valence-corrected chi connectivity index (χ0v) is 14.0. The van der Waals surface area contributed by atoms with Crippen LogP contribution in [0.25, 0.3) is 0 Å². The third-order valence-corrected chi connectivity index (χ3v) is 4.02. The van der Waals surface area contributed by atoms with Crippen molar-refractivity contribution in [2.45, 2.75) is 67.0 Å². The van der Waals surface area contributed by atoms with Gasteiger partial charge in [0.05, 0.1) is 6.04 Å². The number of carbonyl (C=O) groups is 1. The number of nitrogens with one attached hydrogen (secondary N) is 1. The quantitative estimate of drug-likeness (QED) is 0.783. The Labute approximate surface area is 135 Å². The molecule has 22 heavy (non-hydrogen) atoms. The average molecular weight is 305 g/mol. The normalized spacial score (nSPS) is 20.8. The molecule has 3 heteroatoms. The Morgan fingerprint density at radius 1 is 1.14 bits per heavy atom. The molecule has 2 atom stereocenters. The van der Waals surface area contributed by atoms with E-state index in [2.05, 4.69) is 44.3 Å². The van der Waals surface area contributed by atoms with Gasteiger partial charge >= 0.3 is 6.09 Å². The van der Waals surface area contributed by atoms with Crippen LogP contribution in [0.4, 0.5) is 4.79 Å². The number of ether oxygens (including phenoxy) is 1. The van der Waals surface area contributed by atoms with E-state index in [-0.39, 0.29) is 25.0 Å². The summed E-state index contributed by atoms with van der Waals surface area (Å²) in [4.78, 5) is 12.2. The maximum Gasteiger partial charge on any atom is 0.408 e. The minimum absolute atomic E-state index is 0. The predicted molar refractivity (Wildman–Crippen MR) is 91.9 cm³/mol. The second kappa shape index (κ2) is 6.31. The fourth-order valence-corrected chi connectivity index (χ4v) is 3.01. The number of fused-ring (bicyclic) bond motifs is 1. The fraction of sp³-hybridized carbons (Fsp3) is 0.632. The maximum absolute atomic E-state index is 12.2. The number of hydrogen-bond acceptors (Lipinski definition) is 2. The summed E-state index contributed by atoms with van der Waals surface area (Å²) in [5.41, 5.74) is 2.21. The molecular weight excluding hydrogens is 274 g/mol. The molecule has 1 amide bonds. The molecule has 1 aliphatic carbocycles. The van der Waals surface area contributed by atoms with Crippen molar-refractivity contribution in [3.63, 3.8) is 0 Å². The van der Waals surface area contributed by atoms with Gasteiger partial charge in [0.15, 0.2) is 0 Å². The first-order valence-electron chi connectivity index (χ1n) is 7.65. The molecule has 1 aromatic rings. The van der Waals surface area contributed by atoms with E-state index in [9.17, 15) is 4.79 Å². The molecule has 1 aliphatic rings. The van der Waals surface area contributed by atoms with Crippen LogP contribution in [0, 0.1) is 11.3 Å². The van der Waals surface area contributed by atoms with Crippen LogP contribution in [0.2, 0.25) is 0 Å². The summed E-state index contributed by atoms with van der Waals surface area (Å²) >= 11 is 0. The molecule has 0 heterocycles. The van der Waals surface area contributed by atoms with Gasteiger partial charge in [0, 0.05) is 0 Å². The highest BCUT2D eigenvalue weighted by Crippen LogP contribution is 2.45. The number of benzene rings is 1. The van der Waals surface area contributed by atoms with E-state index >= 15 is 0 Å². The SMILES string of the molecule is C.CC(C)(C)OC(=O)NC1c2ccccc2CC1C(C)(C)C. The van der Waals surface area contributed by atoms with Gasteiger partial charge in [-0.1, -0.05) is 52.5 Å². The second-order valence-electron chi connectivity index (χ2n) is 8.00. The molecular formula is C19H31NO2. The number of carbonyl (C=O) groups excluding carboxylic acids is 1. The Kier molecular flexibility index (Phi) is 5.32. The number of hydrogen-bond donors (Lipinski definition) is 1. The number of alkyl carbamates (subject to hydrolysis) is 1. The molecule has 0 saturated heterocycles. The Morgan fingerprint density at radius 3 is 2.27 bits per heavy atom. The van der Waals surface area contributed by atoms with Crippen LogP contribution in [0.5, 0.6) is 0 Å². The van der Waals surface area contributed by atoms with Crippen LogP contribution in [0.15, 0.2) is 24.3 Å². The molecule has 0 radical (unpaired) electrons. The molecule has 0 fully saturated rings. The van der Waals surface area contributed by atoms with Gasteiger partial charge in [-0.2, -0.15) is 0 Å². The number of amides is 1. The van der Waals surface area contributed by atoms with Gasteiger partial charge in [0.1, 0.15) is 5.60 Å². The Hall–Kier alpha value is -1.51. The number of rotatable bonds is 1. The van der Waals surface area contributed by atoms with Crippen molar-refractivity contribution in [3.05, 3.63) is 35.4 Å². The van der Waals surface area contributed by atoms with Crippen LogP contribution in [-0.2, 0) is 11.2 Å². The predicted octanol–water partition coefficient (Wildman–Crippen LogP) is 5.11. The third-order valence-electron chi connectivity index (χ3n) is 4.02. The molecule has 124 valence electrons. The lowest BCUT2D eigenvalue weighted by Crippen LogP contribution is -2.39. The summed E-state index contributed by atoms with van der Waals surface area (Å²) < 4.78 is 5.43. The third kappa shape index (κ3) is 4.25. The van der Waals surface area contributed by atoms with E-state index in [1.807, 2.05) is 26.8 Å². The van der Waals surface area contributed by atoms with Crippen LogP contribution in [0.3, 0.4) is 0 Å². The van der Waals surface area contributed by atoms with E-state index in [1.54, 1.807) is 0 Å². The summed E-state index contributed by atoms with van der Waals surface area (Å²) in [6, 6.07) is 8.40. The molecule has 0 bridgehead atoms. The Morgan fingerprint density at radius 2 is 1.73 bits per heavy atom. The molecule has 2 unspecified atom stereocenters. The highest BCUT2D eigenvalue weighted by atomic mass is 16.6. The summed E-state index contributed by atoms with van der Waals surface area (Å²) in [6.07, 6.45) is 0.665. The summed E-state index contributed by atoms with van der Waals surface area (Å²) in [6.45, 7) is 12.3. The first-order valence-corrected chi connectivity index (χ1v) is 7.65. The second-order valence-corrected chi connectivity index (χ2v) is 8.00. The van der Waals surface area contributed by atoms with Gasteiger partial charge in [0.25, 0.3) is 0 Å². The Balaban J connectivity index is 0.00000242. The van der Waals surface area contributed by atoms with Crippen molar-refractivity contribution in [1.82, 2.24) is 5.32 Å².